The molecule has 3 heteroatoms. The van der Waals surface area contributed by atoms with Gasteiger partial charge in [0.25, 0.3) is 5.89 Å². The molecule has 0 saturated carbocycles. The quantitative estimate of drug-likeness (QED) is 0.709. The normalized spacial score (nSPS) is 11.1. The van der Waals surface area contributed by atoms with Crippen molar-refractivity contribution in [1.29, 1.82) is 0 Å². The molecule has 0 unspecified atom stereocenters. The highest BCUT2D eigenvalue weighted by Gasteiger charge is 2.05. The van der Waals surface area contributed by atoms with Crippen LogP contribution in [0.2, 0.25) is 0 Å². The van der Waals surface area contributed by atoms with Gasteiger partial charge >= 0.3 is 0 Å². The fraction of sp³-hybridized carbons (Fsp3) is 0.0588. The van der Waals surface area contributed by atoms with Gasteiger partial charge in [-0.2, -0.15) is 4.98 Å². The molecule has 1 heterocycles. The summed E-state index contributed by atoms with van der Waals surface area (Å²) in [6.45, 7) is 2.07. The largest absolute Gasteiger partial charge is 0.334 e. The zero-order valence-electron chi connectivity index (χ0n) is 11.2. The van der Waals surface area contributed by atoms with Crippen molar-refractivity contribution in [2.75, 3.05) is 0 Å². The minimum absolute atomic E-state index is 0.504. The standard InChI is InChI=1S/C17H14N2O/c1-13-7-9-14(10-8-13)11-12-16-18-17(19-20-16)15-5-3-2-4-6-15/h2-12H,1H3. The van der Waals surface area contributed by atoms with Crippen molar-refractivity contribution < 1.29 is 4.52 Å². The predicted octanol–water partition coefficient (Wildman–Crippen LogP) is 4.22. The second kappa shape index (κ2) is 5.53. The van der Waals surface area contributed by atoms with E-state index < -0.39 is 0 Å². The van der Waals surface area contributed by atoms with Crippen LogP contribution in [0.25, 0.3) is 23.5 Å². The molecule has 0 radical (unpaired) electrons. The Morgan fingerprint density at radius 1 is 0.900 bits per heavy atom. The highest BCUT2D eigenvalue weighted by atomic mass is 16.5. The van der Waals surface area contributed by atoms with E-state index in [1.807, 2.05) is 42.5 Å². The summed E-state index contributed by atoms with van der Waals surface area (Å²) in [5.74, 6) is 1.11. The van der Waals surface area contributed by atoms with E-state index >= 15 is 0 Å². The van der Waals surface area contributed by atoms with E-state index in [9.17, 15) is 0 Å². The Kier molecular flexibility index (Phi) is 3.42. The summed E-state index contributed by atoms with van der Waals surface area (Å²) in [6, 6.07) is 18.0. The van der Waals surface area contributed by atoms with Gasteiger partial charge in [-0.1, -0.05) is 65.3 Å². The van der Waals surface area contributed by atoms with Crippen LogP contribution in [0.3, 0.4) is 0 Å². The molecule has 0 atom stereocenters. The van der Waals surface area contributed by atoms with E-state index in [0.717, 1.165) is 11.1 Å². The molecule has 0 aliphatic carbocycles. The first kappa shape index (κ1) is 12.4. The topological polar surface area (TPSA) is 38.9 Å². The first-order chi connectivity index (χ1) is 9.81. The molecule has 0 amide bonds. The van der Waals surface area contributed by atoms with Gasteiger partial charge in [-0.15, -0.1) is 0 Å². The van der Waals surface area contributed by atoms with Crippen LogP contribution >= 0.6 is 0 Å². The van der Waals surface area contributed by atoms with E-state index in [1.165, 1.54) is 5.56 Å². The van der Waals surface area contributed by atoms with Crippen molar-refractivity contribution in [3.8, 4) is 11.4 Å². The molecule has 0 spiro atoms. The Bertz CT molecular complexity index is 712. The summed E-state index contributed by atoms with van der Waals surface area (Å²) in [5, 5.41) is 3.98. The first-order valence-electron chi connectivity index (χ1n) is 6.45. The molecule has 2 aromatic carbocycles. The molecule has 3 aromatic rings. The molecular formula is C17H14N2O. The SMILES string of the molecule is Cc1ccc(C=Cc2nc(-c3ccccc3)no2)cc1. The van der Waals surface area contributed by atoms with Gasteiger partial charge in [-0.25, -0.2) is 0 Å². The fourth-order valence-electron chi connectivity index (χ4n) is 1.85. The number of rotatable bonds is 3. The van der Waals surface area contributed by atoms with Gasteiger partial charge in [0.1, 0.15) is 0 Å². The monoisotopic (exact) mass is 262 g/mol. The molecule has 0 aliphatic rings. The van der Waals surface area contributed by atoms with Crippen LogP contribution in [0.4, 0.5) is 0 Å². The molecule has 0 bridgehead atoms. The lowest BCUT2D eigenvalue weighted by atomic mass is 10.1. The van der Waals surface area contributed by atoms with Gasteiger partial charge in [-0.3, -0.25) is 0 Å². The van der Waals surface area contributed by atoms with E-state index in [2.05, 4.69) is 41.3 Å². The maximum atomic E-state index is 5.22. The van der Waals surface area contributed by atoms with Crippen LogP contribution in [0.1, 0.15) is 17.0 Å². The third kappa shape index (κ3) is 2.83. The van der Waals surface area contributed by atoms with Crippen molar-refractivity contribution >= 4 is 12.2 Å². The van der Waals surface area contributed by atoms with Crippen molar-refractivity contribution in [2.45, 2.75) is 6.92 Å². The zero-order valence-corrected chi connectivity index (χ0v) is 11.2. The summed E-state index contributed by atoms with van der Waals surface area (Å²) < 4.78 is 5.22. The first-order valence-corrected chi connectivity index (χ1v) is 6.45. The Morgan fingerprint density at radius 2 is 1.65 bits per heavy atom. The molecule has 0 saturated heterocycles. The van der Waals surface area contributed by atoms with Gasteiger partial charge in [0.05, 0.1) is 0 Å². The number of hydrogen-bond donors (Lipinski definition) is 0. The highest BCUT2D eigenvalue weighted by molar-refractivity contribution is 5.67. The number of benzene rings is 2. The fourth-order valence-corrected chi connectivity index (χ4v) is 1.85. The van der Waals surface area contributed by atoms with Gasteiger partial charge in [0, 0.05) is 11.6 Å². The Morgan fingerprint density at radius 3 is 2.40 bits per heavy atom. The Labute approximate surface area is 117 Å². The van der Waals surface area contributed by atoms with Crippen LogP contribution in [0, 0.1) is 6.92 Å². The van der Waals surface area contributed by atoms with E-state index in [4.69, 9.17) is 4.52 Å². The molecule has 3 rings (SSSR count). The molecule has 20 heavy (non-hydrogen) atoms. The second-order valence-electron chi connectivity index (χ2n) is 4.57. The van der Waals surface area contributed by atoms with Crippen LogP contribution in [0.15, 0.2) is 59.1 Å². The zero-order chi connectivity index (χ0) is 13.8. The summed E-state index contributed by atoms with van der Waals surface area (Å²) in [6.07, 6.45) is 3.78. The molecule has 3 nitrogen and oxygen atoms in total. The van der Waals surface area contributed by atoms with Gasteiger partial charge in [0.2, 0.25) is 5.82 Å². The van der Waals surface area contributed by atoms with Crippen molar-refractivity contribution in [3.05, 3.63) is 71.6 Å². The number of hydrogen-bond acceptors (Lipinski definition) is 3. The summed E-state index contributed by atoms with van der Waals surface area (Å²) in [7, 11) is 0. The number of nitrogens with zero attached hydrogens (tertiary/aromatic N) is 2. The number of aromatic nitrogens is 2. The van der Waals surface area contributed by atoms with Crippen LogP contribution in [-0.2, 0) is 0 Å². The molecular weight excluding hydrogens is 248 g/mol. The predicted molar refractivity (Wildman–Crippen MR) is 79.8 cm³/mol. The number of aryl methyl sites for hydroxylation is 1. The Balaban J connectivity index is 1.79. The van der Waals surface area contributed by atoms with Crippen molar-refractivity contribution in [2.24, 2.45) is 0 Å². The second-order valence-corrected chi connectivity index (χ2v) is 4.57. The summed E-state index contributed by atoms with van der Waals surface area (Å²) >= 11 is 0. The molecule has 0 fully saturated rings. The lowest BCUT2D eigenvalue weighted by molar-refractivity contribution is 0.411. The minimum atomic E-state index is 0.504. The Hall–Kier alpha value is -2.68. The summed E-state index contributed by atoms with van der Waals surface area (Å²) in [5.41, 5.74) is 3.30. The van der Waals surface area contributed by atoms with Crippen molar-refractivity contribution in [3.63, 3.8) is 0 Å². The smallest absolute Gasteiger partial charge is 0.250 e. The van der Waals surface area contributed by atoms with Gasteiger partial charge < -0.3 is 4.52 Å². The third-order valence-corrected chi connectivity index (χ3v) is 2.97. The van der Waals surface area contributed by atoms with Crippen molar-refractivity contribution in [1.82, 2.24) is 10.1 Å². The van der Waals surface area contributed by atoms with Crippen LogP contribution in [0.5, 0.6) is 0 Å². The minimum Gasteiger partial charge on any atom is -0.334 e. The third-order valence-electron chi connectivity index (χ3n) is 2.97. The van der Waals surface area contributed by atoms with E-state index in [-0.39, 0.29) is 0 Å². The molecule has 0 aliphatic heterocycles. The average Bonchev–Trinajstić information content (AvgIpc) is 2.97. The van der Waals surface area contributed by atoms with E-state index in [1.54, 1.807) is 0 Å². The maximum absolute atomic E-state index is 5.22. The van der Waals surface area contributed by atoms with Crippen LogP contribution < -0.4 is 0 Å². The average molecular weight is 262 g/mol. The summed E-state index contributed by atoms with van der Waals surface area (Å²) in [4.78, 5) is 4.35. The molecule has 1 aromatic heterocycles. The van der Waals surface area contributed by atoms with Gasteiger partial charge in [0.15, 0.2) is 0 Å². The highest BCUT2D eigenvalue weighted by Crippen LogP contribution is 2.16. The lowest BCUT2D eigenvalue weighted by Crippen LogP contribution is -1.79. The molecule has 0 N–H and O–H groups in total. The van der Waals surface area contributed by atoms with Gasteiger partial charge in [-0.05, 0) is 18.6 Å². The lowest BCUT2D eigenvalue weighted by Gasteiger charge is -1.93. The molecule has 98 valence electrons. The maximum Gasteiger partial charge on any atom is 0.250 e. The van der Waals surface area contributed by atoms with E-state index in [0.29, 0.717) is 11.7 Å². The van der Waals surface area contributed by atoms with Crippen LogP contribution in [-0.4, -0.2) is 10.1 Å².